The van der Waals surface area contributed by atoms with E-state index in [9.17, 15) is 4.79 Å². The number of carbonyl (C=O) groups excluding carboxylic acids is 1. The molecule has 0 atom stereocenters. The van der Waals surface area contributed by atoms with E-state index in [-0.39, 0.29) is 0 Å². The van der Waals surface area contributed by atoms with Crippen LogP contribution in [0.2, 0.25) is 0 Å². The van der Waals surface area contributed by atoms with Gasteiger partial charge >= 0.3 is 0 Å². The van der Waals surface area contributed by atoms with E-state index in [2.05, 4.69) is 58.9 Å². The van der Waals surface area contributed by atoms with Crippen molar-refractivity contribution in [3.8, 4) is 11.1 Å². The van der Waals surface area contributed by atoms with E-state index in [1.165, 1.54) is 22.3 Å². The molecule has 0 saturated carbocycles. The summed E-state index contributed by atoms with van der Waals surface area (Å²) in [6.07, 6.45) is 0.905. The molecule has 0 aliphatic heterocycles. The minimum atomic E-state index is 0.476. The van der Waals surface area contributed by atoms with E-state index in [1.807, 2.05) is 12.1 Å². The Balaban J connectivity index is 2.60. The van der Waals surface area contributed by atoms with Crippen LogP contribution in [0.4, 0.5) is 0 Å². The van der Waals surface area contributed by atoms with Crippen molar-refractivity contribution in [2.75, 3.05) is 0 Å². The van der Waals surface area contributed by atoms with Gasteiger partial charge in [-0.1, -0.05) is 58.0 Å². The maximum Gasteiger partial charge on any atom is 0.150 e. The first-order valence-corrected chi connectivity index (χ1v) is 7.64. The Morgan fingerprint density at radius 3 is 2.05 bits per heavy atom. The van der Waals surface area contributed by atoms with Gasteiger partial charge in [0, 0.05) is 5.56 Å². The fraction of sp³-hybridized carbons (Fsp3) is 0.350. The van der Waals surface area contributed by atoms with Gasteiger partial charge in [0.15, 0.2) is 0 Å². The van der Waals surface area contributed by atoms with Crippen molar-refractivity contribution in [1.82, 2.24) is 0 Å². The third kappa shape index (κ3) is 3.24. The maximum atomic E-state index is 10.9. The summed E-state index contributed by atoms with van der Waals surface area (Å²) in [5, 5.41) is 0. The number of carbonyl (C=O) groups is 1. The highest BCUT2D eigenvalue weighted by Gasteiger charge is 2.13. The molecule has 0 N–H and O–H groups in total. The van der Waals surface area contributed by atoms with Crippen molar-refractivity contribution in [3.63, 3.8) is 0 Å². The first-order valence-electron chi connectivity index (χ1n) is 7.64. The fourth-order valence-corrected chi connectivity index (χ4v) is 2.73. The zero-order chi connectivity index (χ0) is 15.6. The molecule has 2 aromatic carbocycles. The summed E-state index contributed by atoms with van der Waals surface area (Å²) in [6.45, 7) is 11.0. The van der Waals surface area contributed by atoms with E-state index in [1.54, 1.807) is 0 Å². The van der Waals surface area contributed by atoms with Crippen molar-refractivity contribution in [2.24, 2.45) is 0 Å². The smallest absolute Gasteiger partial charge is 0.150 e. The average Bonchev–Trinajstić information content (AvgIpc) is 2.46. The van der Waals surface area contributed by atoms with Crippen LogP contribution in [-0.4, -0.2) is 6.29 Å². The highest BCUT2D eigenvalue weighted by molar-refractivity contribution is 5.79. The number of hydrogen-bond acceptors (Lipinski definition) is 1. The van der Waals surface area contributed by atoms with Crippen molar-refractivity contribution in [2.45, 2.75) is 46.5 Å². The molecule has 1 nitrogen and oxygen atoms in total. The van der Waals surface area contributed by atoms with Crippen LogP contribution in [0.3, 0.4) is 0 Å². The fourth-order valence-electron chi connectivity index (χ4n) is 2.73. The number of benzene rings is 2. The Kier molecular flexibility index (Phi) is 4.62. The van der Waals surface area contributed by atoms with Crippen molar-refractivity contribution in [1.29, 1.82) is 0 Å². The van der Waals surface area contributed by atoms with E-state index in [0.29, 0.717) is 11.8 Å². The van der Waals surface area contributed by atoms with Crippen LogP contribution in [0.1, 0.15) is 66.6 Å². The topological polar surface area (TPSA) is 17.1 Å². The number of aldehydes is 1. The molecule has 0 unspecified atom stereocenters. The largest absolute Gasteiger partial charge is 0.298 e. The van der Waals surface area contributed by atoms with Crippen LogP contribution in [0.25, 0.3) is 11.1 Å². The Bertz CT molecular complexity index is 651. The molecule has 2 rings (SSSR count). The van der Waals surface area contributed by atoms with Gasteiger partial charge in [0.2, 0.25) is 0 Å². The minimum absolute atomic E-state index is 0.476. The van der Waals surface area contributed by atoms with Crippen LogP contribution in [0, 0.1) is 6.92 Å². The molecule has 0 bridgehead atoms. The van der Waals surface area contributed by atoms with E-state index in [4.69, 9.17) is 0 Å². The molecule has 0 spiro atoms. The second kappa shape index (κ2) is 6.26. The van der Waals surface area contributed by atoms with Gasteiger partial charge in [-0.3, -0.25) is 4.79 Å². The van der Waals surface area contributed by atoms with Crippen LogP contribution in [-0.2, 0) is 0 Å². The van der Waals surface area contributed by atoms with Crippen molar-refractivity contribution in [3.05, 3.63) is 58.7 Å². The van der Waals surface area contributed by atoms with Gasteiger partial charge in [-0.05, 0) is 52.6 Å². The van der Waals surface area contributed by atoms with E-state index < -0.39 is 0 Å². The predicted molar refractivity (Wildman–Crippen MR) is 90.2 cm³/mol. The van der Waals surface area contributed by atoms with Crippen LogP contribution >= 0.6 is 0 Å². The van der Waals surface area contributed by atoms with Gasteiger partial charge in [-0.2, -0.15) is 0 Å². The molecule has 0 saturated heterocycles. The van der Waals surface area contributed by atoms with Gasteiger partial charge in [-0.15, -0.1) is 0 Å². The zero-order valence-electron chi connectivity index (χ0n) is 13.6. The van der Waals surface area contributed by atoms with Crippen LogP contribution in [0.15, 0.2) is 36.4 Å². The normalized spacial score (nSPS) is 11.2. The summed E-state index contributed by atoms with van der Waals surface area (Å²) >= 11 is 0. The summed E-state index contributed by atoms with van der Waals surface area (Å²) in [7, 11) is 0. The third-order valence-corrected chi connectivity index (χ3v) is 4.04. The molecule has 1 heteroatoms. The van der Waals surface area contributed by atoms with Gasteiger partial charge in [0.1, 0.15) is 6.29 Å². The Morgan fingerprint density at radius 2 is 1.52 bits per heavy atom. The lowest BCUT2D eigenvalue weighted by atomic mass is 9.87. The molecule has 0 aliphatic rings. The highest BCUT2D eigenvalue weighted by atomic mass is 16.1. The number of aryl methyl sites for hydroxylation is 1. The molecule has 21 heavy (non-hydrogen) atoms. The molecule has 0 radical (unpaired) electrons. The van der Waals surface area contributed by atoms with Crippen molar-refractivity contribution < 1.29 is 4.79 Å². The molecular formula is C20H24O. The standard InChI is InChI=1S/C20H24O/c1-13(2)17-7-9-19(20(11-17)14(3)4)18-8-6-16(12-21)10-15(18)5/h6-14H,1-5H3. The van der Waals surface area contributed by atoms with Gasteiger partial charge in [0.25, 0.3) is 0 Å². The van der Waals surface area contributed by atoms with Crippen LogP contribution < -0.4 is 0 Å². The monoisotopic (exact) mass is 280 g/mol. The summed E-state index contributed by atoms with van der Waals surface area (Å²) in [5.41, 5.74) is 7.15. The lowest BCUT2D eigenvalue weighted by Crippen LogP contribution is -1.98. The third-order valence-electron chi connectivity index (χ3n) is 4.04. The molecule has 0 fully saturated rings. The maximum absolute atomic E-state index is 10.9. The van der Waals surface area contributed by atoms with E-state index >= 15 is 0 Å². The minimum Gasteiger partial charge on any atom is -0.298 e. The molecule has 0 aliphatic carbocycles. The SMILES string of the molecule is Cc1cc(C=O)ccc1-c1ccc(C(C)C)cc1C(C)C. The Hall–Kier alpha value is -1.89. The lowest BCUT2D eigenvalue weighted by Gasteiger charge is -2.18. The first-order chi connectivity index (χ1) is 9.93. The van der Waals surface area contributed by atoms with Gasteiger partial charge in [-0.25, -0.2) is 0 Å². The highest BCUT2D eigenvalue weighted by Crippen LogP contribution is 2.33. The van der Waals surface area contributed by atoms with Gasteiger partial charge in [0.05, 0.1) is 0 Å². The molecular weight excluding hydrogens is 256 g/mol. The lowest BCUT2D eigenvalue weighted by molar-refractivity contribution is 0.112. The molecule has 0 amide bonds. The predicted octanol–water partition coefficient (Wildman–Crippen LogP) is 5.72. The van der Waals surface area contributed by atoms with Crippen molar-refractivity contribution >= 4 is 6.29 Å². The van der Waals surface area contributed by atoms with Crippen LogP contribution in [0.5, 0.6) is 0 Å². The summed E-state index contributed by atoms with van der Waals surface area (Å²) < 4.78 is 0. The summed E-state index contributed by atoms with van der Waals surface area (Å²) in [5.74, 6) is 1.01. The molecule has 110 valence electrons. The summed E-state index contributed by atoms with van der Waals surface area (Å²) in [6, 6.07) is 12.7. The Labute approximate surface area is 128 Å². The second-order valence-electron chi connectivity index (χ2n) is 6.35. The number of rotatable bonds is 4. The second-order valence-corrected chi connectivity index (χ2v) is 6.35. The first kappa shape index (κ1) is 15.5. The van der Waals surface area contributed by atoms with E-state index in [0.717, 1.165) is 17.4 Å². The summed E-state index contributed by atoms with van der Waals surface area (Å²) in [4.78, 5) is 10.9. The average molecular weight is 280 g/mol. The zero-order valence-corrected chi connectivity index (χ0v) is 13.6. The van der Waals surface area contributed by atoms with Gasteiger partial charge < -0.3 is 0 Å². The molecule has 0 heterocycles. The molecule has 0 aromatic heterocycles. The Morgan fingerprint density at radius 1 is 0.857 bits per heavy atom. The number of hydrogen-bond donors (Lipinski definition) is 0. The quantitative estimate of drug-likeness (QED) is 0.654. The molecule has 2 aromatic rings.